The van der Waals surface area contributed by atoms with Crippen molar-refractivity contribution in [3.8, 4) is 5.75 Å². The van der Waals surface area contributed by atoms with Crippen molar-refractivity contribution in [1.82, 2.24) is 0 Å². The van der Waals surface area contributed by atoms with Gasteiger partial charge in [0.25, 0.3) is 0 Å². The Morgan fingerprint density at radius 2 is 1.78 bits per heavy atom. The predicted molar refractivity (Wildman–Crippen MR) is 82.8 cm³/mol. The van der Waals surface area contributed by atoms with E-state index in [-0.39, 0.29) is 6.10 Å². The van der Waals surface area contributed by atoms with Gasteiger partial charge in [0.05, 0.1) is 3.57 Å². The van der Waals surface area contributed by atoms with Gasteiger partial charge in [-0.3, -0.25) is 0 Å². The number of rotatable bonds is 4. The molecule has 2 aromatic carbocycles. The van der Waals surface area contributed by atoms with E-state index in [1.165, 1.54) is 5.56 Å². The summed E-state index contributed by atoms with van der Waals surface area (Å²) in [6, 6.07) is 16.3. The van der Waals surface area contributed by atoms with Crippen LogP contribution in [0.5, 0.6) is 5.75 Å². The molecular formula is C15H16INO. The molecule has 2 rings (SSSR count). The number of hydrogen-bond donors (Lipinski definition) is 1. The number of aryl methyl sites for hydroxylation is 1. The minimum Gasteiger partial charge on any atom is -0.483 e. The first-order valence-corrected chi connectivity index (χ1v) is 6.96. The molecule has 1 atom stereocenters. The maximum absolute atomic E-state index is 5.99. The molecule has 0 radical (unpaired) electrons. The highest BCUT2D eigenvalue weighted by Crippen LogP contribution is 2.26. The Balaban J connectivity index is 2.20. The third-order valence-corrected chi connectivity index (χ3v) is 3.66. The molecule has 0 aliphatic heterocycles. The van der Waals surface area contributed by atoms with E-state index in [1.807, 2.05) is 24.3 Å². The van der Waals surface area contributed by atoms with Crippen LogP contribution in [0.2, 0.25) is 0 Å². The molecule has 0 saturated heterocycles. The lowest BCUT2D eigenvalue weighted by atomic mass is 10.1. The number of benzene rings is 2. The molecule has 0 aliphatic carbocycles. The van der Waals surface area contributed by atoms with Gasteiger partial charge in [-0.2, -0.15) is 0 Å². The third-order valence-electron chi connectivity index (χ3n) is 2.77. The second-order valence-corrected chi connectivity index (χ2v) is 5.35. The van der Waals surface area contributed by atoms with Crippen LogP contribution in [-0.2, 0) is 0 Å². The zero-order chi connectivity index (χ0) is 13.0. The summed E-state index contributed by atoms with van der Waals surface area (Å²) in [5, 5.41) is 0. The molecule has 0 bridgehead atoms. The Bertz CT molecular complexity index is 510. The first-order valence-electron chi connectivity index (χ1n) is 5.88. The molecule has 2 nitrogen and oxygen atoms in total. The first-order chi connectivity index (χ1) is 8.70. The van der Waals surface area contributed by atoms with Crippen molar-refractivity contribution in [2.45, 2.75) is 13.0 Å². The van der Waals surface area contributed by atoms with Gasteiger partial charge < -0.3 is 10.5 Å². The highest BCUT2D eigenvalue weighted by atomic mass is 127. The van der Waals surface area contributed by atoms with Crippen LogP contribution in [0.4, 0.5) is 0 Å². The molecule has 0 heterocycles. The Kier molecular flexibility index (Phi) is 4.60. The lowest BCUT2D eigenvalue weighted by Crippen LogP contribution is -2.18. The summed E-state index contributed by atoms with van der Waals surface area (Å²) in [4.78, 5) is 0. The zero-order valence-electron chi connectivity index (χ0n) is 10.3. The van der Waals surface area contributed by atoms with Crippen molar-refractivity contribution >= 4 is 22.6 Å². The molecule has 0 aromatic heterocycles. The second kappa shape index (κ2) is 6.20. The Morgan fingerprint density at radius 3 is 2.39 bits per heavy atom. The van der Waals surface area contributed by atoms with Crippen LogP contribution in [0.1, 0.15) is 17.2 Å². The van der Waals surface area contributed by atoms with Crippen LogP contribution in [-0.4, -0.2) is 6.54 Å². The standard InChI is InChI=1S/C15H16INO/c1-11-6-8-12(9-7-11)15(10-17)18-14-5-3-2-4-13(14)16/h2-9,15H,10,17H2,1H3. The molecule has 0 spiro atoms. The monoisotopic (exact) mass is 353 g/mol. The van der Waals surface area contributed by atoms with Gasteiger partial charge in [0.1, 0.15) is 11.9 Å². The molecule has 1 unspecified atom stereocenters. The van der Waals surface area contributed by atoms with Crippen molar-refractivity contribution in [3.05, 3.63) is 63.2 Å². The van der Waals surface area contributed by atoms with Crippen LogP contribution in [0.3, 0.4) is 0 Å². The van der Waals surface area contributed by atoms with Gasteiger partial charge in [-0.1, -0.05) is 42.0 Å². The Morgan fingerprint density at radius 1 is 1.11 bits per heavy atom. The number of ether oxygens (including phenoxy) is 1. The van der Waals surface area contributed by atoms with Gasteiger partial charge in [-0.15, -0.1) is 0 Å². The van der Waals surface area contributed by atoms with E-state index < -0.39 is 0 Å². The average molecular weight is 353 g/mol. The summed E-state index contributed by atoms with van der Waals surface area (Å²) in [6.45, 7) is 2.54. The third kappa shape index (κ3) is 3.23. The fourth-order valence-electron chi connectivity index (χ4n) is 1.73. The fourth-order valence-corrected chi connectivity index (χ4v) is 2.24. The summed E-state index contributed by atoms with van der Waals surface area (Å²) < 4.78 is 7.09. The lowest BCUT2D eigenvalue weighted by Gasteiger charge is -2.19. The molecular weight excluding hydrogens is 337 g/mol. The number of hydrogen-bond acceptors (Lipinski definition) is 2. The Labute approximate surface area is 121 Å². The maximum Gasteiger partial charge on any atom is 0.136 e. The summed E-state index contributed by atoms with van der Waals surface area (Å²) in [7, 11) is 0. The summed E-state index contributed by atoms with van der Waals surface area (Å²) in [5.41, 5.74) is 8.17. The van der Waals surface area contributed by atoms with Crippen LogP contribution in [0.15, 0.2) is 48.5 Å². The molecule has 0 fully saturated rings. The summed E-state index contributed by atoms with van der Waals surface area (Å²) >= 11 is 2.27. The van der Waals surface area contributed by atoms with Crippen molar-refractivity contribution in [1.29, 1.82) is 0 Å². The van der Waals surface area contributed by atoms with Gasteiger partial charge >= 0.3 is 0 Å². The molecule has 18 heavy (non-hydrogen) atoms. The topological polar surface area (TPSA) is 35.2 Å². The normalized spacial score (nSPS) is 12.2. The quantitative estimate of drug-likeness (QED) is 0.852. The predicted octanol–water partition coefficient (Wildman–Crippen LogP) is 3.68. The van der Waals surface area contributed by atoms with Crippen molar-refractivity contribution in [3.63, 3.8) is 0 Å². The molecule has 0 saturated carbocycles. The minimum atomic E-state index is -0.0958. The van der Waals surface area contributed by atoms with E-state index in [0.717, 1.165) is 14.9 Å². The summed E-state index contributed by atoms with van der Waals surface area (Å²) in [5.74, 6) is 0.883. The van der Waals surface area contributed by atoms with E-state index in [0.29, 0.717) is 6.54 Å². The van der Waals surface area contributed by atoms with Gasteiger partial charge in [0, 0.05) is 6.54 Å². The van der Waals surface area contributed by atoms with Gasteiger partial charge in [0.2, 0.25) is 0 Å². The number of para-hydroxylation sites is 1. The van der Waals surface area contributed by atoms with Gasteiger partial charge in [-0.05, 0) is 47.2 Å². The van der Waals surface area contributed by atoms with Crippen LogP contribution in [0.25, 0.3) is 0 Å². The van der Waals surface area contributed by atoms with E-state index >= 15 is 0 Å². The van der Waals surface area contributed by atoms with Gasteiger partial charge in [-0.25, -0.2) is 0 Å². The number of nitrogens with two attached hydrogens (primary N) is 1. The largest absolute Gasteiger partial charge is 0.483 e. The molecule has 2 aromatic rings. The van der Waals surface area contributed by atoms with Crippen molar-refractivity contribution in [2.24, 2.45) is 5.73 Å². The highest BCUT2D eigenvalue weighted by molar-refractivity contribution is 14.1. The molecule has 0 amide bonds. The first kappa shape index (κ1) is 13.4. The second-order valence-electron chi connectivity index (χ2n) is 4.18. The minimum absolute atomic E-state index is 0.0958. The fraction of sp³-hybridized carbons (Fsp3) is 0.200. The zero-order valence-corrected chi connectivity index (χ0v) is 12.4. The van der Waals surface area contributed by atoms with Crippen LogP contribution in [0, 0.1) is 10.5 Å². The van der Waals surface area contributed by atoms with E-state index in [4.69, 9.17) is 10.5 Å². The number of halogens is 1. The molecule has 3 heteroatoms. The highest BCUT2D eigenvalue weighted by Gasteiger charge is 2.12. The van der Waals surface area contributed by atoms with Crippen molar-refractivity contribution < 1.29 is 4.74 Å². The molecule has 2 N–H and O–H groups in total. The van der Waals surface area contributed by atoms with E-state index in [1.54, 1.807) is 0 Å². The lowest BCUT2D eigenvalue weighted by molar-refractivity contribution is 0.212. The SMILES string of the molecule is Cc1ccc(C(CN)Oc2ccccc2I)cc1. The van der Waals surface area contributed by atoms with Gasteiger partial charge in [0.15, 0.2) is 0 Å². The Hall–Kier alpha value is -1.07. The molecule has 94 valence electrons. The maximum atomic E-state index is 5.99. The van der Waals surface area contributed by atoms with Crippen molar-refractivity contribution in [2.75, 3.05) is 6.54 Å². The average Bonchev–Trinajstić information content (AvgIpc) is 2.39. The van der Waals surface area contributed by atoms with Crippen LogP contribution < -0.4 is 10.5 Å². The summed E-state index contributed by atoms with van der Waals surface area (Å²) in [6.07, 6.45) is -0.0958. The van der Waals surface area contributed by atoms with E-state index in [9.17, 15) is 0 Å². The van der Waals surface area contributed by atoms with Crippen LogP contribution >= 0.6 is 22.6 Å². The smallest absolute Gasteiger partial charge is 0.136 e. The molecule has 0 aliphatic rings. The van der Waals surface area contributed by atoms with E-state index in [2.05, 4.69) is 53.8 Å².